The predicted molar refractivity (Wildman–Crippen MR) is 106 cm³/mol. The molecule has 2 aromatic heterocycles. The van der Waals surface area contributed by atoms with Crippen molar-refractivity contribution >= 4 is 35.5 Å². The van der Waals surface area contributed by atoms with Gasteiger partial charge in [-0.25, -0.2) is 14.8 Å². The van der Waals surface area contributed by atoms with E-state index in [0.717, 1.165) is 11.1 Å². The molecule has 1 aliphatic rings. The van der Waals surface area contributed by atoms with Crippen LogP contribution in [-0.4, -0.2) is 34.4 Å². The van der Waals surface area contributed by atoms with Crippen LogP contribution in [0.2, 0.25) is 0 Å². The second-order valence-electron chi connectivity index (χ2n) is 6.37. The number of aromatic hydroxyl groups is 1. The first kappa shape index (κ1) is 17.5. The van der Waals surface area contributed by atoms with Crippen molar-refractivity contribution in [2.75, 3.05) is 11.9 Å². The number of aliphatic imine (C=N–C) groups is 1. The Morgan fingerprint density at radius 3 is 2.75 bits per heavy atom. The summed E-state index contributed by atoms with van der Waals surface area (Å²) >= 11 is 0. The molecule has 0 aliphatic carbocycles. The molecule has 0 saturated carbocycles. The quantitative estimate of drug-likeness (QED) is 0.700. The number of carboxylic acids is 1. The number of anilines is 1. The number of rotatable bonds is 5. The van der Waals surface area contributed by atoms with Crippen LogP contribution in [0.25, 0.3) is 11.6 Å². The molecule has 2 N–H and O–H groups in total. The third kappa shape index (κ3) is 3.14. The topological polar surface area (TPSA) is 99.2 Å². The monoisotopic (exact) mass is 375 g/mol. The third-order valence-corrected chi connectivity index (χ3v) is 4.42. The van der Waals surface area contributed by atoms with Crippen molar-refractivity contribution in [3.8, 4) is 5.75 Å². The van der Waals surface area contributed by atoms with Crippen LogP contribution in [0.15, 0.2) is 58.1 Å². The fraction of sp³-hybridized carbons (Fsp3) is 0.0952. The third-order valence-electron chi connectivity index (χ3n) is 4.42. The zero-order chi connectivity index (χ0) is 19.7. The molecule has 1 aromatic carbocycles. The summed E-state index contributed by atoms with van der Waals surface area (Å²) in [5.41, 5.74) is 2.18. The van der Waals surface area contributed by atoms with Crippen molar-refractivity contribution < 1.29 is 19.4 Å². The minimum absolute atomic E-state index is 0.0606. The van der Waals surface area contributed by atoms with Gasteiger partial charge < -0.3 is 19.5 Å². The van der Waals surface area contributed by atoms with Gasteiger partial charge in [0, 0.05) is 37.1 Å². The molecule has 0 bridgehead atoms. The lowest BCUT2D eigenvalue weighted by Crippen LogP contribution is -2.18. The highest BCUT2D eigenvalue weighted by molar-refractivity contribution is 6.21. The van der Waals surface area contributed by atoms with Crippen LogP contribution >= 0.6 is 0 Å². The summed E-state index contributed by atoms with van der Waals surface area (Å²) in [6, 6.07) is 13.2. The SMILES string of the molecule is CN(Cc1ccccc1)c1oc(C=C2C=Nc3ncccc32)c(O)c1C(=O)O. The first-order chi connectivity index (χ1) is 13.5. The van der Waals surface area contributed by atoms with Crippen LogP contribution in [0.4, 0.5) is 11.7 Å². The van der Waals surface area contributed by atoms with Crippen molar-refractivity contribution in [3.63, 3.8) is 0 Å². The number of fused-ring (bicyclic) bond motifs is 1. The summed E-state index contributed by atoms with van der Waals surface area (Å²) in [6.45, 7) is 0.429. The van der Waals surface area contributed by atoms with Gasteiger partial charge in [-0.05, 0) is 23.8 Å². The van der Waals surface area contributed by atoms with Crippen molar-refractivity contribution in [1.82, 2.24) is 4.98 Å². The molecule has 4 rings (SSSR count). The van der Waals surface area contributed by atoms with Crippen molar-refractivity contribution in [1.29, 1.82) is 0 Å². The maximum Gasteiger partial charge on any atom is 0.345 e. The lowest BCUT2D eigenvalue weighted by molar-refractivity contribution is 0.0694. The number of benzene rings is 1. The molecule has 0 atom stereocenters. The lowest BCUT2D eigenvalue weighted by Gasteiger charge is -2.16. The van der Waals surface area contributed by atoms with Crippen molar-refractivity contribution in [3.05, 3.63) is 71.1 Å². The van der Waals surface area contributed by atoms with Crippen LogP contribution in [0.3, 0.4) is 0 Å². The zero-order valence-corrected chi connectivity index (χ0v) is 15.0. The predicted octanol–water partition coefficient (Wildman–Crippen LogP) is 3.97. The fourth-order valence-electron chi connectivity index (χ4n) is 3.10. The second-order valence-corrected chi connectivity index (χ2v) is 6.37. The Morgan fingerprint density at radius 1 is 1.21 bits per heavy atom. The standard InChI is InChI=1S/C21H17N3O4/c1-24(12-13-6-3-2-4-7-13)20-17(21(26)27)18(25)16(28-20)10-14-11-23-19-15(14)8-5-9-22-19/h2-11,25H,12H2,1H3,(H,26,27). The van der Waals surface area contributed by atoms with E-state index in [4.69, 9.17) is 4.42 Å². The Hall–Kier alpha value is -3.87. The van der Waals surface area contributed by atoms with E-state index < -0.39 is 11.7 Å². The first-order valence-electron chi connectivity index (χ1n) is 8.60. The van der Waals surface area contributed by atoms with Gasteiger partial charge in [-0.3, -0.25) is 0 Å². The van der Waals surface area contributed by atoms with Crippen molar-refractivity contribution in [2.45, 2.75) is 6.54 Å². The number of aromatic nitrogens is 1. The lowest BCUT2D eigenvalue weighted by atomic mass is 10.1. The van der Waals surface area contributed by atoms with Gasteiger partial charge in [-0.1, -0.05) is 30.3 Å². The molecule has 1 aliphatic heterocycles. The van der Waals surface area contributed by atoms with E-state index >= 15 is 0 Å². The second kappa shape index (κ2) is 7.03. The number of allylic oxidation sites excluding steroid dienone is 1. The van der Waals surface area contributed by atoms with Gasteiger partial charge in [0.2, 0.25) is 5.88 Å². The van der Waals surface area contributed by atoms with Gasteiger partial charge >= 0.3 is 5.97 Å². The molecule has 0 amide bonds. The summed E-state index contributed by atoms with van der Waals surface area (Å²) in [5.74, 6) is -0.962. The molecule has 0 fully saturated rings. The average molecular weight is 375 g/mol. The van der Waals surface area contributed by atoms with E-state index in [1.54, 1.807) is 36.5 Å². The van der Waals surface area contributed by atoms with Gasteiger partial charge in [0.05, 0.1) is 0 Å². The zero-order valence-electron chi connectivity index (χ0n) is 15.0. The Kier molecular flexibility index (Phi) is 4.41. The summed E-state index contributed by atoms with van der Waals surface area (Å²) < 4.78 is 5.75. The van der Waals surface area contributed by atoms with E-state index in [9.17, 15) is 15.0 Å². The number of hydrogen-bond acceptors (Lipinski definition) is 6. The summed E-state index contributed by atoms with van der Waals surface area (Å²) in [6.07, 6.45) is 4.81. The Balaban J connectivity index is 1.73. The van der Waals surface area contributed by atoms with E-state index in [1.165, 1.54) is 0 Å². The molecule has 7 heteroatoms. The Labute approximate surface area is 160 Å². The maximum absolute atomic E-state index is 11.7. The highest BCUT2D eigenvalue weighted by Gasteiger charge is 2.27. The first-order valence-corrected chi connectivity index (χ1v) is 8.60. The minimum Gasteiger partial charge on any atom is -0.504 e. The van der Waals surface area contributed by atoms with Gasteiger partial charge in [0.15, 0.2) is 22.9 Å². The average Bonchev–Trinajstić information content (AvgIpc) is 3.24. The largest absolute Gasteiger partial charge is 0.504 e. The van der Waals surface area contributed by atoms with Gasteiger partial charge in [-0.15, -0.1) is 0 Å². The van der Waals surface area contributed by atoms with E-state index in [-0.39, 0.29) is 17.2 Å². The Bertz CT molecular complexity index is 1100. The molecule has 7 nitrogen and oxygen atoms in total. The van der Waals surface area contributed by atoms with Gasteiger partial charge in [-0.2, -0.15) is 0 Å². The summed E-state index contributed by atoms with van der Waals surface area (Å²) in [7, 11) is 1.71. The molecular formula is C21H17N3O4. The Morgan fingerprint density at radius 2 is 2.00 bits per heavy atom. The number of furan rings is 1. The molecule has 3 heterocycles. The number of pyridine rings is 1. The molecule has 0 radical (unpaired) electrons. The number of hydrogen-bond donors (Lipinski definition) is 2. The molecule has 0 unspecified atom stereocenters. The molecule has 0 spiro atoms. The summed E-state index contributed by atoms with van der Waals surface area (Å²) in [4.78, 5) is 21.8. The van der Waals surface area contributed by atoms with Crippen LogP contribution in [0.5, 0.6) is 5.75 Å². The van der Waals surface area contributed by atoms with E-state index in [1.807, 2.05) is 36.4 Å². The maximum atomic E-state index is 11.7. The van der Waals surface area contributed by atoms with Crippen molar-refractivity contribution in [2.24, 2.45) is 4.99 Å². The molecule has 140 valence electrons. The summed E-state index contributed by atoms with van der Waals surface area (Å²) in [5, 5.41) is 20.1. The molecule has 28 heavy (non-hydrogen) atoms. The molecular weight excluding hydrogens is 358 g/mol. The highest BCUT2D eigenvalue weighted by atomic mass is 16.4. The van der Waals surface area contributed by atoms with E-state index in [0.29, 0.717) is 17.9 Å². The molecule has 0 saturated heterocycles. The van der Waals surface area contributed by atoms with Gasteiger partial charge in [0.1, 0.15) is 0 Å². The molecule has 3 aromatic rings. The number of carboxylic acid groups (broad SMARTS) is 1. The van der Waals surface area contributed by atoms with Crippen LogP contribution < -0.4 is 4.90 Å². The van der Waals surface area contributed by atoms with Gasteiger partial charge in [0.25, 0.3) is 0 Å². The number of aromatic carboxylic acids is 1. The smallest absolute Gasteiger partial charge is 0.345 e. The fourth-order valence-corrected chi connectivity index (χ4v) is 3.10. The number of nitrogens with zero attached hydrogens (tertiary/aromatic N) is 3. The minimum atomic E-state index is -1.26. The highest BCUT2D eigenvalue weighted by Crippen LogP contribution is 2.39. The normalized spacial score (nSPS) is 13.7. The van der Waals surface area contributed by atoms with Crippen LogP contribution in [0, 0.1) is 0 Å². The number of carbonyl (C=O) groups is 1. The van der Waals surface area contributed by atoms with Crippen LogP contribution in [-0.2, 0) is 6.54 Å². The van der Waals surface area contributed by atoms with Crippen LogP contribution in [0.1, 0.15) is 27.2 Å². The van der Waals surface area contributed by atoms with E-state index in [2.05, 4.69) is 9.98 Å².